The average Bonchev–Trinajstić information content (AvgIpc) is 2.65. The van der Waals surface area contributed by atoms with Crippen LogP contribution in [-0.2, 0) is 0 Å². The first-order valence-electron chi connectivity index (χ1n) is 5.36. The maximum Gasteiger partial charge on any atom is 0.340 e. The molecular weight excluding hydrogens is 194 g/mol. The minimum Gasteiger partial charge on any atom is -0.478 e. The highest BCUT2D eigenvalue weighted by molar-refractivity contribution is 5.88. The number of carbonyl (C=O) groups is 1. The average molecular weight is 209 g/mol. The standard InChI is InChI=1S/C11H15NO3/c1-7-3-2-4-8(5-7)10-9(11(13)14)6-15-12-10/h6-8H,2-5H2,1H3,(H,13,14)/t7-,8+/m0/s1. The van der Waals surface area contributed by atoms with Gasteiger partial charge in [-0.15, -0.1) is 0 Å². The van der Waals surface area contributed by atoms with Gasteiger partial charge in [0.2, 0.25) is 0 Å². The molecule has 1 heterocycles. The van der Waals surface area contributed by atoms with Crippen LogP contribution in [0.2, 0.25) is 0 Å². The largest absolute Gasteiger partial charge is 0.478 e. The number of hydrogen-bond acceptors (Lipinski definition) is 3. The second-order valence-electron chi connectivity index (χ2n) is 4.39. The molecule has 82 valence electrons. The highest BCUT2D eigenvalue weighted by Crippen LogP contribution is 2.36. The molecule has 0 aromatic carbocycles. The number of hydrogen-bond donors (Lipinski definition) is 1. The molecule has 0 saturated heterocycles. The molecule has 4 nitrogen and oxygen atoms in total. The smallest absolute Gasteiger partial charge is 0.340 e. The van der Waals surface area contributed by atoms with Crippen LogP contribution in [0, 0.1) is 5.92 Å². The molecule has 0 aliphatic heterocycles. The molecule has 1 aliphatic rings. The summed E-state index contributed by atoms with van der Waals surface area (Å²) in [6.45, 7) is 2.20. The van der Waals surface area contributed by atoms with Gasteiger partial charge in [-0.2, -0.15) is 0 Å². The summed E-state index contributed by atoms with van der Waals surface area (Å²) >= 11 is 0. The molecule has 15 heavy (non-hydrogen) atoms. The lowest BCUT2D eigenvalue weighted by Crippen LogP contribution is -2.14. The summed E-state index contributed by atoms with van der Waals surface area (Å²) in [5.41, 5.74) is 0.864. The summed E-state index contributed by atoms with van der Waals surface area (Å²) in [5, 5.41) is 12.8. The Morgan fingerprint density at radius 3 is 3.07 bits per heavy atom. The zero-order valence-corrected chi connectivity index (χ0v) is 8.77. The van der Waals surface area contributed by atoms with Crippen molar-refractivity contribution >= 4 is 5.97 Å². The Hall–Kier alpha value is -1.32. The quantitative estimate of drug-likeness (QED) is 0.813. The third kappa shape index (κ3) is 2.03. The van der Waals surface area contributed by atoms with Crippen molar-refractivity contribution in [2.24, 2.45) is 5.92 Å². The van der Waals surface area contributed by atoms with Crippen molar-refractivity contribution < 1.29 is 14.4 Å². The zero-order chi connectivity index (χ0) is 10.8. The van der Waals surface area contributed by atoms with Gasteiger partial charge in [-0.25, -0.2) is 4.79 Å². The van der Waals surface area contributed by atoms with Crippen LogP contribution in [0.5, 0.6) is 0 Å². The number of aromatic nitrogens is 1. The van der Waals surface area contributed by atoms with E-state index >= 15 is 0 Å². The fourth-order valence-electron chi connectivity index (χ4n) is 2.38. The van der Waals surface area contributed by atoms with Crippen molar-refractivity contribution in [2.75, 3.05) is 0 Å². The Bertz CT molecular complexity index is 358. The molecule has 0 spiro atoms. The van der Waals surface area contributed by atoms with Crippen molar-refractivity contribution in [1.82, 2.24) is 5.16 Å². The molecule has 2 rings (SSSR count). The Morgan fingerprint density at radius 1 is 1.60 bits per heavy atom. The third-order valence-electron chi connectivity index (χ3n) is 3.15. The molecule has 0 radical (unpaired) electrons. The van der Waals surface area contributed by atoms with Gasteiger partial charge < -0.3 is 9.63 Å². The van der Waals surface area contributed by atoms with Crippen molar-refractivity contribution in [3.05, 3.63) is 17.5 Å². The van der Waals surface area contributed by atoms with E-state index in [1.807, 2.05) is 0 Å². The number of carboxylic acids is 1. The first kappa shape index (κ1) is 10.2. The second-order valence-corrected chi connectivity index (χ2v) is 4.39. The SMILES string of the molecule is C[C@H]1CCC[C@@H](c2nocc2C(=O)O)C1. The summed E-state index contributed by atoms with van der Waals surface area (Å²) in [7, 11) is 0. The summed E-state index contributed by atoms with van der Waals surface area (Å²) in [4.78, 5) is 10.9. The molecule has 1 aromatic heterocycles. The van der Waals surface area contributed by atoms with Gasteiger partial charge in [0.1, 0.15) is 17.5 Å². The Balaban J connectivity index is 2.21. The minimum absolute atomic E-state index is 0.231. The molecule has 1 fully saturated rings. The first-order chi connectivity index (χ1) is 7.18. The summed E-state index contributed by atoms with van der Waals surface area (Å²) in [6, 6.07) is 0. The van der Waals surface area contributed by atoms with E-state index in [0.29, 0.717) is 11.6 Å². The summed E-state index contributed by atoms with van der Waals surface area (Å²) < 4.78 is 4.76. The molecule has 0 amide bonds. The Kier molecular flexibility index (Phi) is 2.75. The fourth-order valence-corrected chi connectivity index (χ4v) is 2.38. The van der Waals surface area contributed by atoms with E-state index in [1.54, 1.807) is 0 Å². The molecular formula is C11H15NO3. The van der Waals surface area contributed by atoms with E-state index < -0.39 is 5.97 Å². The fraction of sp³-hybridized carbons (Fsp3) is 0.636. The molecule has 0 unspecified atom stereocenters. The van der Waals surface area contributed by atoms with E-state index in [4.69, 9.17) is 9.63 Å². The van der Waals surface area contributed by atoms with E-state index in [9.17, 15) is 4.79 Å². The zero-order valence-electron chi connectivity index (χ0n) is 8.77. The van der Waals surface area contributed by atoms with E-state index in [1.165, 1.54) is 12.7 Å². The predicted molar refractivity (Wildman–Crippen MR) is 53.8 cm³/mol. The number of nitrogens with zero attached hydrogens (tertiary/aromatic N) is 1. The molecule has 2 atom stereocenters. The highest BCUT2D eigenvalue weighted by Gasteiger charge is 2.27. The van der Waals surface area contributed by atoms with Crippen molar-refractivity contribution in [2.45, 2.75) is 38.5 Å². The maximum atomic E-state index is 10.9. The van der Waals surface area contributed by atoms with Gasteiger partial charge in [0.25, 0.3) is 0 Å². The Morgan fingerprint density at radius 2 is 2.40 bits per heavy atom. The first-order valence-corrected chi connectivity index (χ1v) is 5.36. The van der Waals surface area contributed by atoms with Crippen LogP contribution >= 0.6 is 0 Å². The number of rotatable bonds is 2. The number of carboxylic acid groups (broad SMARTS) is 1. The van der Waals surface area contributed by atoms with Gasteiger partial charge in [0.15, 0.2) is 0 Å². The maximum absolute atomic E-state index is 10.9. The van der Waals surface area contributed by atoms with Crippen LogP contribution in [0.3, 0.4) is 0 Å². The van der Waals surface area contributed by atoms with Gasteiger partial charge in [0, 0.05) is 5.92 Å². The van der Waals surface area contributed by atoms with Crippen LogP contribution in [0.1, 0.15) is 54.6 Å². The van der Waals surface area contributed by atoms with Crippen molar-refractivity contribution in [3.8, 4) is 0 Å². The number of aromatic carboxylic acids is 1. The predicted octanol–water partition coefficient (Wildman–Crippen LogP) is 2.67. The van der Waals surface area contributed by atoms with Gasteiger partial charge in [0.05, 0.1) is 0 Å². The van der Waals surface area contributed by atoms with Crippen molar-refractivity contribution in [3.63, 3.8) is 0 Å². The molecule has 1 N–H and O–H groups in total. The van der Waals surface area contributed by atoms with Crippen LogP contribution in [-0.4, -0.2) is 16.2 Å². The van der Waals surface area contributed by atoms with Crippen molar-refractivity contribution in [1.29, 1.82) is 0 Å². The van der Waals surface area contributed by atoms with Crippen LogP contribution in [0.25, 0.3) is 0 Å². The van der Waals surface area contributed by atoms with Crippen LogP contribution in [0.4, 0.5) is 0 Å². The second kappa shape index (κ2) is 4.04. The third-order valence-corrected chi connectivity index (χ3v) is 3.15. The lowest BCUT2D eigenvalue weighted by molar-refractivity contribution is 0.0694. The highest BCUT2D eigenvalue weighted by atomic mass is 16.5. The van der Waals surface area contributed by atoms with E-state index in [-0.39, 0.29) is 11.5 Å². The monoisotopic (exact) mass is 209 g/mol. The summed E-state index contributed by atoms with van der Waals surface area (Å²) in [6.07, 6.45) is 5.66. The van der Waals surface area contributed by atoms with E-state index in [0.717, 1.165) is 19.3 Å². The molecule has 0 bridgehead atoms. The molecule has 1 saturated carbocycles. The Labute approximate surface area is 88.3 Å². The lowest BCUT2D eigenvalue weighted by Gasteiger charge is -2.25. The molecule has 1 aromatic rings. The summed E-state index contributed by atoms with van der Waals surface area (Å²) in [5.74, 6) is -0.0230. The van der Waals surface area contributed by atoms with Gasteiger partial charge in [-0.05, 0) is 18.8 Å². The van der Waals surface area contributed by atoms with Gasteiger partial charge in [-0.1, -0.05) is 24.9 Å². The molecule has 4 heteroatoms. The van der Waals surface area contributed by atoms with Crippen LogP contribution in [0.15, 0.2) is 10.8 Å². The van der Waals surface area contributed by atoms with E-state index in [2.05, 4.69) is 12.1 Å². The van der Waals surface area contributed by atoms with Gasteiger partial charge >= 0.3 is 5.97 Å². The normalized spacial score (nSPS) is 26.5. The lowest BCUT2D eigenvalue weighted by atomic mass is 9.80. The minimum atomic E-state index is -0.940. The topological polar surface area (TPSA) is 63.3 Å². The molecule has 1 aliphatic carbocycles. The van der Waals surface area contributed by atoms with Crippen LogP contribution < -0.4 is 0 Å². The van der Waals surface area contributed by atoms with Gasteiger partial charge in [-0.3, -0.25) is 0 Å².